The topological polar surface area (TPSA) is 60.2 Å². The third-order valence-corrected chi connectivity index (χ3v) is 1.10. The van der Waals surface area contributed by atoms with E-state index in [2.05, 4.69) is 0 Å². The highest BCUT2D eigenvalue weighted by atomic mass is 16.1. The first-order valence-corrected chi connectivity index (χ1v) is 2.84. The second-order valence-corrected chi connectivity index (χ2v) is 2.12. The van der Waals surface area contributed by atoms with E-state index < -0.39 is 12.0 Å². The van der Waals surface area contributed by atoms with E-state index in [1.54, 1.807) is 13.8 Å². The van der Waals surface area contributed by atoms with Gasteiger partial charge in [0.15, 0.2) is 5.78 Å². The summed E-state index contributed by atoms with van der Waals surface area (Å²) in [5, 5.41) is 0. The van der Waals surface area contributed by atoms with E-state index in [1.165, 1.54) is 0 Å². The number of hydrogen-bond donors (Lipinski definition) is 1. The molecular formula is C6H11NO2. The molecule has 0 aliphatic rings. The van der Waals surface area contributed by atoms with Crippen molar-refractivity contribution in [3.63, 3.8) is 0 Å². The molecule has 0 spiro atoms. The fraction of sp³-hybridized carbons (Fsp3) is 0.667. The first-order chi connectivity index (χ1) is 4.09. The fourth-order valence-electron chi connectivity index (χ4n) is 0.482. The second kappa shape index (κ2) is 3.35. The maximum absolute atomic E-state index is 10.7. The molecular weight excluding hydrogens is 118 g/mol. The summed E-state index contributed by atoms with van der Waals surface area (Å²) in [6, 6.07) is -0.523. The zero-order chi connectivity index (χ0) is 7.44. The molecule has 0 saturated heterocycles. The Kier molecular flexibility index (Phi) is 3.09. The molecule has 0 aliphatic carbocycles. The van der Waals surface area contributed by atoms with Gasteiger partial charge in [-0.05, 0) is 13.8 Å². The minimum Gasteiger partial charge on any atom is -0.322 e. The maximum atomic E-state index is 10.7. The van der Waals surface area contributed by atoms with E-state index in [1.807, 2.05) is 0 Å². The Morgan fingerprint density at radius 3 is 2.11 bits per heavy atom. The third-order valence-electron chi connectivity index (χ3n) is 1.10. The minimum atomic E-state index is -0.551. The largest absolute Gasteiger partial charge is 0.322 e. The lowest BCUT2D eigenvalue weighted by Gasteiger charge is -2.04. The molecule has 52 valence electrons. The maximum Gasteiger partial charge on any atom is 0.159 e. The molecule has 3 nitrogen and oxygen atoms in total. The van der Waals surface area contributed by atoms with E-state index >= 15 is 0 Å². The summed E-state index contributed by atoms with van der Waals surface area (Å²) in [6.07, 6.45) is 0.603. The van der Waals surface area contributed by atoms with Crippen molar-refractivity contribution < 1.29 is 9.59 Å². The fourth-order valence-corrected chi connectivity index (χ4v) is 0.482. The van der Waals surface area contributed by atoms with Gasteiger partial charge in [0, 0.05) is 0 Å². The second-order valence-electron chi connectivity index (χ2n) is 2.12. The van der Waals surface area contributed by atoms with Crippen molar-refractivity contribution in [2.45, 2.75) is 19.9 Å². The van der Waals surface area contributed by atoms with Crippen molar-refractivity contribution in [3.05, 3.63) is 0 Å². The van der Waals surface area contributed by atoms with Crippen LogP contribution in [0.1, 0.15) is 13.8 Å². The first-order valence-electron chi connectivity index (χ1n) is 2.84. The van der Waals surface area contributed by atoms with Crippen molar-refractivity contribution >= 4 is 12.1 Å². The van der Waals surface area contributed by atoms with Gasteiger partial charge in [0.2, 0.25) is 0 Å². The molecule has 0 heterocycles. The molecule has 0 bridgehead atoms. The SMILES string of the molecule is CC(C=O)C(=O)[C@H](C)N. The lowest BCUT2D eigenvalue weighted by atomic mass is 10.0. The van der Waals surface area contributed by atoms with Gasteiger partial charge in [-0.2, -0.15) is 0 Å². The van der Waals surface area contributed by atoms with Gasteiger partial charge in [0.1, 0.15) is 6.29 Å². The van der Waals surface area contributed by atoms with Gasteiger partial charge in [-0.1, -0.05) is 0 Å². The number of Topliss-reactive ketones (excluding diaryl/α,β-unsaturated/α-hetero) is 1. The van der Waals surface area contributed by atoms with Crippen LogP contribution < -0.4 is 5.73 Å². The summed E-state index contributed by atoms with van der Waals surface area (Å²) in [7, 11) is 0. The van der Waals surface area contributed by atoms with Gasteiger partial charge in [-0.25, -0.2) is 0 Å². The summed E-state index contributed by atoms with van der Waals surface area (Å²) >= 11 is 0. The summed E-state index contributed by atoms with van der Waals surface area (Å²) in [5.74, 6) is -0.755. The molecule has 0 radical (unpaired) electrons. The van der Waals surface area contributed by atoms with Crippen LogP contribution in [0, 0.1) is 5.92 Å². The molecule has 0 rings (SSSR count). The summed E-state index contributed by atoms with van der Waals surface area (Å²) in [6.45, 7) is 3.11. The normalized spacial score (nSPS) is 16.3. The van der Waals surface area contributed by atoms with Crippen LogP contribution in [0.4, 0.5) is 0 Å². The van der Waals surface area contributed by atoms with Crippen LogP contribution in [0.25, 0.3) is 0 Å². The number of carbonyl (C=O) groups is 2. The highest BCUT2D eigenvalue weighted by molar-refractivity contribution is 5.95. The van der Waals surface area contributed by atoms with Crippen LogP contribution in [0.15, 0.2) is 0 Å². The Morgan fingerprint density at radius 1 is 1.56 bits per heavy atom. The van der Waals surface area contributed by atoms with Crippen LogP contribution in [0.2, 0.25) is 0 Å². The van der Waals surface area contributed by atoms with Gasteiger partial charge >= 0.3 is 0 Å². The van der Waals surface area contributed by atoms with E-state index in [0.717, 1.165) is 0 Å². The number of rotatable bonds is 3. The Morgan fingerprint density at radius 2 is 2.00 bits per heavy atom. The van der Waals surface area contributed by atoms with Crippen LogP contribution in [-0.4, -0.2) is 18.1 Å². The molecule has 2 N–H and O–H groups in total. The van der Waals surface area contributed by atoms with Crippen molar-refractivity contribution in [1.29, 1.82) is 0 Å². The van der Waals surface area contributed by atoms with E-state index in [0.29, 0.717) is 6.29 Å². The molecule has 1 unspecified atom stereocenters. The van der Waals surface area contributed by atoms with Crippen molar-refractivity contribution in [1.82, 2.24) is 0 Å². The highest BCUT2D eigenvalue weighted by Gasteiger charge is 2.14. The molecule has 0 amide bonds. The van der Waals surface area contributed by atoms with Crippen molar-refractivity contribution in [2.75, 3.05) is 0 Å². The number of carbonyl (C=O) groups excluding carboxylic acids is 2. The number of nitrogens with two attached hydrogens (primary N) is 1. The predicted octanol–water partition coefficient (Wildman–Crippen LogP) is -0.262. The Hall–Kier alpha value is -0.700. The Bertz CT molecular complexity index is 120. The van der Waals surface area contributed by atoms with Crippen LogP contribution >= 0.6 is 0 Å². The Balaban J connectivity index is 3.87. The summed E-state index contributed by atoms with van der Waals surface area (Å²) in [4.78, 5) is 20.7. The van der Waals surface area contributed by atoms with Crippen molar-refractivity contribution in [2.24, 2.45) is 11.7 Å². The van der Waals surface area contributed by atoms with Gasteiger partial charge in [-0.15, -0.1) is 0 Å². The van der Waals surface area contributed by atoms with E-state index in [4.69, 9.17) is 5.73 Å². The molecule has 0 aromatic heterocycles. The molecule has 0 fully saturated rings. The molecule has 0 aromatic carbocycles. The van der Waals surface area contributed by atoms with E-state index in [9.17, 15) is 9.59 Å². The van der Waals surface area contributed by atoms with Gasteiger partial charge < -0.3 is 10.5 Å². The first kappa shape index (κ1) is 8.30. The lowest BCUT2D eigenvalue weighted by molar-refractivity contribution is -0.127. The standard InChI is InChI=1S/C6H11NO2/c1-4(3-8)6(9)5(2)7/h3-5H,7H2,1-2H3/t4?,5-/m0/s1. The van der Waals surface area contributed by atoms with Crippen molar-refractivity contribution in [3.8, 4) is 0 Å². The smallest absolute Gasteiger partial charge is 0.159 e. The molecule has 9 heavy (non-hydrogen) atoms. The minimum absolute atomic E-state index is 0.204. The summed E-state index contributed by atoms with van der Waals surface area (Å²) in [5.41, 5.74) is 5.20. The number of aldehydes is 1. The number of ketones is 1. The van der Waals surface area contributed by atoms with Crippen LogP contribution in [0.5, 0.6) is 0 Å². The molecule has 0 saturated carbocycles. The van der Waals surface area contributed by atoms with Gasteiger partial charge in [-0.3, -0.25) is 4.79 Å². The molecule has 0 aromatic rings. The predicted molar refractivity (Wildman–Crippen MR) is 33.9 cm³/mol. The van der Waals surface area contributed by atoms with Gasteiger partial charge in [0.25, 0.3) is 0 Å². The highest BCUT2D eigenvalue weighted by Crippen LogP contribution is 1.93. The average molecular weight is 129 g/mol. The quantitative estimate of drug-likeness (QED) is 0.422. The molecule has 0 aliphatic heterocycles. The van der Waals surface area contributed by atoms with Crippen LogP contribution in [-0.2, 0) is 9.59 Å². The number of hydrogen-bond acceptors (Lipinski definition) is 3. The average Bonchev–Trinajstić information content (AvgIpc) is 1.84. The third kappa shape index (κ3) is 2.37. The zero-order valence-electron chi connectivity index (χ0n) is 5.63. The van der Waals surface area contributed by atoms with Gasteiger partial charge in [0.05, 0.1) is 12.0 Å². The lowest BCUT2D eigenvalue weighted by Crippen LogP contribution is -2.32. The van der Waals surface area contributed by atoms with Crippen LogP contribution in [0.3, 0.4) is 0 Å². The Labute approximate surface area is 54.2 Å². The van der Waals surface area contributed by atoms with E-state index in [-0.39, 0.29) is 5.78 Å². The molecule has 3 heteroatoms. The molecule has 2 atom stereocenters. The monoisotopic (exact) mass is 129 g/mol. The summed E-state index contributed by atoms with van der Waals surface area (Å²) < 4.78 is 0. The zero-order valence-corrected chi connectivity index (χ0v) is 5.63.